The van der Waals surface area contributed by atoms with Crippen molar-refractivity contribution >= 4 is 5.69 Å². The predicted octanol–water partition coefficient (Wildman–Crippen LogP) is 3.72. The average molecular weight is 254 g/mol. The van der Waals surface area contributed by atoms with E-state index in [9.17, 15) is 0 Å². The van der Waals surface area contributed by atoms with Crippen molar-refractivity contribution in [1.29, 1.82) is 0 Å². The lowest BCUT2D eigenvalue weighted by Crippen LogP contribution is -2.21. The van der Waals surface area contributed by atoms with Gasteiger partial charge in [0.05, 0.1) is 6.04 Å². The normalized spacial score (nSPS) is 12.2. The highest BCUT2D eigenvalue weighted by Crippen LogP contribution is 2.24. The van der Waals surface area contributed by atoms with Crippen LogP contribution in [0.15, 0.2) is 42.5 Å². The van der Waals surface area contributed by atoms with E-state index in [0.29, 0.717) is 6.54 Å². The van der Waals surface area contributed by atoms with Crippen molar-refractivity contribution in [3.05, 3.63) is 64.7 Å². The second-order valence-corrected chi connectivity index (χ2v) is 5.09. The standard InChI is InChI=1S/C17H22N2/c1-12-9-14(3)16(10-13(12)2)17(11-18)19-15-7-5-4-6-8-15/h4-10,17,19H,11,18H2,1-3H3. The zero-order chi connectivity index (χ0) is 13.8. The van der Waals surface area contributed by atoms with Crippen LogP contribution in [0.1, 0.15) is 28.3 Å². The van der Waals surface area contributed by atoms with Crippen molar-refractivity contribution in [2.45, 2.75) is 26.8 Å². The first kappa shape index (κ1) is 13.6. The smallest absolute Gasteiger partial charge is 0.0638 e. The highest BCUT2D eigenvalue weighted by molar-refractivity contribution is 5.47. The summed E-state index contributed by atoms with van der Waals surface area (Å²) in [5.41, 5.74) is 12.3. The largest absolute Gasteiger partial charge is 0.377 e. The van der Waals surface area contributed by atoms with E-state index in [-0.39, 0.29) is 6.04 Å². The Hall–Kier alpha value is -1.80. The summed E-state index contributed by atoms with van der Waals surface area (Å²) >= 11 is 0. The summed E-state index contributed by atoms with van der Waals surface area (Å²) in [5.74, 6) is 0. The maximum Gasteiger partial charge on any atom is 0.0638 e. The third-order valence-corrected chi connectivity index (χ3v) is 3.61. The minimum atomic E-state index is 0.154. The summed E-state index contributed by atoms with van der Waals surface area (Å²) in [6.07, 6.45) is 0. The molecule has 0 aliphatic rings. The molecule has 0 amide bonds. The number of aryl methyl sites for hydroxylation is 3. The lowest BCUT2D eigenvalue weighted by atomic mass is 9.95. The Morgan fingerprint density at radius 2 is 1.58 bits per heavy atom. The molecule has 2 heteroatoms. The molecule has 0 heterocycles. The minimum absolute atomic E-state index is 0.154. The van der Waals surface area contributed by atoms with Gasteiger partial charge in [0.15, 0.2) is 0 Å². The molecular weight excluding hydrogens is 232 g/mol. The zero-order valence-corrected chi connectivity index (χ0v) is 11.9. The van der Waals surface area contributed by atoms with Crippen molar-refractivity contribution in [3.63, 3.8) is 0 Å². The van der Waals surface area contributed by atoms with Gasteiger partial charge in [0, 0.05) is 12.2 Å². The number of benzene rings is 2. The van der Waals surface area contributed by atoms with Crippen LogP contribution in [0.5, 0.6) is 0 Å². The first-order valence-electron chi connectivity index (χ1n) is 6.71. The van der Waals surface area contributed by atoms with Gasteiger partial charge in [0.2, 0.25) is 0 Å². The lowest BCUT2D eigenvalue weighted by molar-refractivity contribution is 0.782. The third-order valence-electron chi connectivity index (χ3n) is 3.61. The Labute approximate surface area is 115 Å². The summed E-state index contributed by atoms with van der Waals surface area (Å²) < 4.78 is 0. The molecule has 2 nitrogen and oxygen atoms in total. The van der Waals surface area contributed by atoms with Crippen molar-refractivity contribution < 1.29 is 0 Å². The van der Waals surface area contributed by atoms with Gasteiger partial charge in [-0.1, -0.05) is 30.3 Å². The van der Waals surface area contributed by atoms with Crippen LogP contribution in [0.25, 0.3) is 0 Å². The van der Waals surface area contributed by atoms with Gasteiger partial charge in [0.1, 0.15) is 0 Å². The van der Waals surface area contributed by atoms with Gasteiger partial charge >= 0.3 is 0 Å². The van der Waals surface area contributed by atoms with Crippen LogP contribution in [0.3, 0.4) is 0 Å². The second kappa shape index (κ2) is 5.89. The van der Waals surface area contributed by atoms with Gasteiger partial charge < -0.3 is 11.1 Å². The third kappa shape index (κ3) is 3.15. The summed E-state index contributed by atoms with van der Waals surface area (Å²) in [7, 11) is 0. The van der Waals surface area contributed by atoms with E-state index >= 15 is 0 Å². The number of rotatable bonds is 4. The molecule has 2 aromatic rings. The number of anilines is 1. The predicted molar refractivity (Wildman–Crippen MR) is 82.5 cm³/mol. The molecule has 2 rings (SSSR count). The van der Waals surface area contributed by atoms with E-state index in [4.69, 9.17) is 5.73 Å². The molecule has 0 aliphatic heterocycles. The summed E-state index contributed by atoms with van der Waals surface area (Å²) in [6.45, 7) is 7.03. The second-order valence-electron chi connectivity index (χ2n) is 5.09. The van der Waals surface area contributed by atoms with Crippen LogP contribution in [0.2, 0.25) is 0 Å². The maximum atomic E-state index is 5.95. The topological polar surface area (TPSA) is 38.0 Å². The first-order valence-corrected chi connectivity index (χ1v) is 6.71. The van der Waals surface area contributed by atoms with Gasteiger partial charge in [-0.25, -0.2) is 0 Å². The Bertz CT molecular complexity index is 547. The molecule has 0 spiro atoms. The van der Waals surface area contributed by atoms with Crippen molar-refractivity contribution in [2.24, 2.45) is 5.73 Å². The number of nitrogens with one attached hydrogen (secondary N) is 1. The molecule has 19 heavy (non-hydrogen) atoms. The fraction of sp³-hybridized carbons (Fsp3) is 0.294. The Morgan fingerprint density at radius 1 is 0.947 bits per heavy atom. The summed E-state index contributed by atoms with van der Waals surface area (Å²) in [6, 6.07) is 14.9. The maximum absolute atomic E-state index is 5.95. The van der Waals surface area contributed by atoms with Gasteiger partial charge in [-0.05, 0) is 55.2 Å². The molecule has 3 N–H and O–H groups in total. The molecule has 0 aliphatic carbocycles. The molecule has 2 aromatic carbocycles. The van der Waals surface area contributed by atoms with E-state index in [0.717, 1.165) is 5.69 Å². The zero-order valence-electron chi connectivity index (χ0n) is 11.9. The molecule has 100 valence electrons. The number of hydrogen-bond acceptors (Lipinski definition) is 2. The number of nitrogens with two attached hydrogens (primary N) is 1. The van der Waals surface area contributed by atoms with Crippen LogP contribution < -0.4 is 11.1 Å². The van der Waals surface area contributed by atoms with Crippen LogP contribution in [-0.4, -0.2) is 6.54 Å². The average Bonchev–Trinajstić information content (AvgIpc) is 2.42. The summed E-state index contributed by atoms with van der Waals surface area (Å²) in [5, 5.41) is 3.51. The van der Waals surface area contributed by atoms with Crippen molar-refractivity contribution in [3.8, 4) is 0 Å². The first-order chi connectivity index (χ1) is 9.11. The van der Waals surface area contributed by atoms with Gasteiger partial charge in [0.25, 0.3) is 0 Å². The molecule has 1 unspecified atom stereocenters. The van der Waals surface area contributed by atoms with Crippen LogP contribution in [0, 0.1) is 20.8 Å². The Kier molecular flexibility index (Phi) is 4.23. The quantitative estimate of drug-likeness (QED) is 0.872. The highest BCUT2D eigenvalue weighted by atomic mass is 14.9. The van der Waals surface area contributed by atoms with E-state index in [1.807, 2.05) is 18.2 Å². The Morgan fingerprint density at radius 3 is 2.21 bits per heavy atom. The minimum Gasteiger partial charge on any atom is -0.377 e. The lowest BCUT2D eigenvalue weighted by Gasteiger charge is -2.22. The molecule has 0 bridgehead atoms. The summed E-state index contributed by atoms with van der Waals surface area (Å²) in [4.78, 5) is 0. The van der Waals surface area contributed by atoms with Gasteiger partial charge in [-0.15, -0.1) is 0 Å². The fourth-order valence-corrected chi connectivity index (χ4v) is 2.36. The van der Waals surface area contributed by atoms with E-state index in [1.165, 1.54) is 22.3 Å². The van der Waals surface area contributed by atoms with Crippen LogP contribution >= 0.6 is 0 Å². The Balaban J connectivity index is 2.30. The molecule has 0 saturated heterocycles. The highest BCUT2D eigenvalue weighted by Gasteiger charge is 2.13. The SMILES string of the molecule is Cc1cc(C)c(C(CN)Nc2ccccc2)cc1C. The van der Waals surface area contributed by atoms with E-state index < -0.39 is 0 Å². The molecule has 0 radical (unpaired) electrons. The molecule has 0 aromatic heterocycles. The van der Waals surface area contributed by atoms with Crippen LogP contribution in [0.4, 0.5) is 5.69 Å². The van der Waals surface area contributed by atoms with Gasteiger partial charge in [-0.2, -0.15) is 0 Å². The number of hydrogen-bond donors (Lipinski definition) is 2. The van der Waals surface area contributed by atoms with Crippen molar-refractivity contribution in [1.82, 2.24) is 0 Å². The molecule has 0 saturated carbocycles. The number of para-hydroxylation sites is 1. The monoisotopic (exact) mass is 254 g/mol. The van der Waals surface area contributed by atoms with E-state index in [1.54, 1.807) is 0 Å². The van der Waals surface area contributed by atoms with Crippen LogP contribution in [-0.2, 0) is 0 Å². The fourth-order valence-electron chi connectivity index (χ4n) is 2.36. The molecule has 0 fully saturated rings. The van der Waals surface area contributed by atoms with Crippen molar-refractivity contribution in [2.75, 3.05) is 11.9 Å². The molecule has 1 atom stereocenters. The van der Waals surface area contributed by atoms with Gasteiger partial charge in [-0.3, -0.25) is 0 Å². The van der Waals surface area contributed by atoms with E-state index in [2.05, 4.69) is 50.4 Å². The molecular formula is C17H22N2.